The summed E-state index contributed by atoms with van der Waals surface area (Å²) < 4.78 is 0. The third-order valence-electron chi connectivity index (χ3n) is 4.41. The molecule has 3 heteroatoms. The number of halogens is 1. The number of hydrogen-bond donors (Lipinski definition) is 1. The van der Waals surface area contributed by atoms with Crippen LogP contribution in [0.4, 0.5) is 5.69 Å². The minimum atomic E-state index is 0.0982. The molecule has 1 aliphatic rings. The molecule has 0 radical (unpaired) electrons. The molecular weight excluding hydrogens is 294 g/mol. The van der Waals surface area contributed by atoms with Crippen molar-refractivity contribution >= 4 is 23.2 Å². The minimum absolute atomic E-state index is 0.0982. The number of amides is 1. The van der Waals surface area contributed by atoms with Crippen molar-refractivity contribution in [1.29, 1.82) is 0 Å². The molecule has 2 nitrogen and oxygen atoms in total. The van der Waals surface area contributed by atoms with E-state index in [1.54, 1.807) is 12.1 Å². The number of nitrogens with one attached hydrogen (secondary N) is 1. The van der Waals surface area contributed by atoms with Gasteiger partial charge < -0.3 is 5.32 Å². The lowest BCUT2D eigenvalue weighted by atomic mass is 9.95. The van der Waals surface area contributed by atoms with Crippen molar-refractivity contribution in [3.05, 3.63) is 65.2 Å². The van der Waals surface area contributed by atoms with E-state index in [0.29, 0.717) is 23.3 Å². The van der Waals surface area contributed by atoms with E-state index in [4.69, 9.17) is 11.6 Å². The van der Waals surface area contributed by atoms with Crippen molar-refractivity contribution in [3.63, 3.8) is 0 Å². The molecule has 1 N–H and O–H groups in total. The van der Waals surface area contributed by atoms with Gasteiger partial charge in [-0.2, -0.15) is 0 Å². The summed E-state index contributed by atoms with van der Waals surface area (Å²) in [7, 11) is 0. The van der Waals surface area contributed by atoms with Gasteiger partial charge in [-0.3, -0.25) is 4.79 Å². The summed E-state index contributed by atoms with van der Waals surface area (Å²) in [5, 5.41) is 3.63. The van der Waals surface area contributed by atoms with Crippen molar-refractivity contribution in [3.8, 4) is 0 Å². The van der Waals surface area contributed by atoms with Crippen molar-refractivity contribution in [2.24, 2.45) is 5.92 Å². The summed E-state index contributed by atoms with van der Waals surface area (Å²) in [6, 6.07) is 17.9. The Morgan fingerprint density at radius 2 is 1.77 bits per heavy atom. The van der Waals surface area contributed by atoms with Crippen LogP contribution in [0.3, 0.4) is 0 Å². The molecule has 114 valence electrons. The van der Waals surface area contributed by atoms with Crippen LogP contribution < -0.4 is 5.32 Å². The highest BCUT2D eigenvalue weighted by Crippen LogP contribution is 2.39. The number of carbonyl (C=O) groups is 1. The molecule has 0 aromatic heterocycles. The SMILES string of the molecule is O=C(CC1CC[C@@H](c2ccccc2)C1)Nc1ccc(Cl)cc1. The van der Waals surface area contributed by atoms with Crippen molar-refractivity contribution in [1.82, 2.24) is 0 Å². The third-order valence-corrected chi connectivity index (χ3v) is 4.67. The van der Waals surface area contributed by atoms with Gasteiger partial charge in [-0.25, -0.2) is 0 Å². The average Bonchev–Trinajstić information content (AvgIpc) is 2.99. The summed E-state index contributed by atoms with van der Waals surface area (Å²) in [5.74, 6) is 1.19. The van der Waals surface area contributed by atoms with Crippen LogP contribution in [0.15, 0.2) is 54.6 Å². The molecule has 0 spiro atoms. The number of carbonyl (C=O) groups excluding carboxylic acids is 1. The summed E-state index contributed by atoms with van der Waals surface area (Å²) >= 11 is 5.85. The first-order chi connectivity index (χ1) is 10.7. The van der Waals surface area contributed by atoms with Crippen molar-refractivity contribution in [2.75, 3.05) is 5.32 Å². The first kappa shape index (κ1) is 15.1. The zero-order valence-corrected chi connectivity index (χ0v) is 13.2. The standard InChI is InChI=1S/C19H20ClNO/c20-17-8-10-18(11-9-17)21-19(22)13-14-6-7-16(12-14)15-4-2-1-3-5-15/h1-5,8-11,14,16H,6-7,12-13H2,(H,21,22)/t14?,16-/m1/s1. The van der Waals surface area contributed by atoms with Gasteiger partial charge in [0.2, 0.25) is 5.91 Å². The second-order valence-electron chi connectivity index (χ2n) is 6.05. The monoisotopic (exact) mass is 313 g/mol. The molecular formula is C19H20ClNO. The quantitative estimate of drug-likeness (QED) is 0.820. The molecule has 2 aromatic carbocycles. The lowest BCUT2D eigenvalue weighted by Crippen LogP contribution is -2.15. The molecule has 0 saturated heterocycles. The molecule has 1 aliphatic carbocycles. The van der Waals surface area contributed by atoms with Crippen LogP contribution in [-0.4, -0.2) is 5.91 Å². The smallest absolute Gasteiger partial charge is 0.224 e. The number of benzene rings is 2. The van der Waals surface area contributed by atoms with E-state index in [-0.39, 0.29) is 5.91 Å². The van der Waals surface area contributed by atoms with Gasteiger partial charge in [0.15, 0.2) is 0 Å². The van der Waals surface area contributed by atoms with Crippen LogP contribution in [0.5, 0.6) is 0 Å². The molecule has 22 heavy (non-hydrogen) atoms. The second kappa shape index (κ2) is 6.97. The fraction of sp³-hybridized carbons (Fsp3) is 0.316. The zero-order chi connectivity index (χ0) is 15.4. The molecule has 2 aromatic rings. The molecule has 3 rings (SSSR count). The Morgan fingerprint density at radius 1 is 1.05 bits per heavy atom. The Morgan fingerprint density at radius 3 is 2.50 bits per heavy atom. The van der Waals surface area contributed by atoms with E-state index in [1.165, 1.54) is 12.0 Å². The Hall–Kier alpha value is -1.80. The summed E-state index contributed by atoms with van der Waals surface area (Å²) in [5.41, 5.74) is 2.22. The first-order valence-corrected chi connectivity index (χ1v) is 8.19. The Kier molecular flexibility index (Phi) is 4.79. The lowest BCUT2D eigenvalue weighted by molar-refractivity contribution is -0.117. The van der Waals surface area contributed by atoms with Crippen LogP contribution in [0, 0.1) is 5.92 Å². The van der Waals surface area contributed by atoms with Gasteiger partial charge in [0, 0.05) is 17.1 Å². The molecule has 1 unspecified atom stereocenters. The Labute approximate surface area is 136 Å². The van der Waals surface area contributed by atoms with Crippen LogP contribution in [0.2, 0.25) is 5.02 Å². The van der Waals surface area contributed by atoms with Gasteiger partial charge in [0.25, 0.3) is 0 Å². The van der Waals surface area contributed by atoms with Gasteiger partial charge >= 0.3 is 0 Å². The summed E-state index contributed by atoms with van der Waals surface area (Å²) in [6.45, 7) is 0. The Balaban J connectivity index is 1.51. The summed E-state index contributed by atoms with van der Waals surface area (Å²) in [6.07, 6.45) is 4.03. The van der Waals surface area contributed by atoms with E-state index < -0.39 is 0 Å². The zero-order valence-electron chi connectivity index (χ0n) is 12.5. The third kappa shape index (κ3) is 3.89. The predicted molar refractivity (Wildman–Crippen MR) is 91.2 cm³/mol. The molecule has 1 saturated carbocycles. The van der Waals surface area contributed by atoms with Gasteiger partial charge in [-0.15, -0.1) is 0 Å². The molecule has 2 atom stereocenters. The number of anilines is 1. The van der Waals surface area contributed by atoms with Crippen LogP contribution in [-0.2, 0) is 4.79 Å². The first-order valence-electron chi connectivity index (χ1n) is 7.81. The molecule has 1 amide bonds. The van der Waals surface area contributed by atoms with E-state index in [9.17, 15) is 4.79 Å². The second-order valence-corrected chi connectivity index (χ2v) is 6.48. The average molecular weight is 314 g/mol. The molecule has 0 heterocycles. The van der Waals surface area contributed by atoms with Gasteiger partial charge in [0.05, 0.1) is 0 Å². The van der Waals surface area contributed by atoms with Crippen LogP contribution in [0.1, 0.15) is 37.2 Å². The highest BCUT2D eigenvalue weighted by Gasteiger charge is 2.27. The predicted octanol–water partition coefficient (Wildman–Crippen LogP) is 5.25. The fourth-order valence-electron chi connectivity index (χ4n) is 3.30. The normalized spacial score (nSPS) is 20.8. The number of hydrogen-bond acceptors (Lipinski definition) is 1. The molecule has 0 bridgehead atoms. The highest BCUT2D eigenvalue weighted by atomic mass is 35.5. The highest BCUT2D eigenvalue weighted by molar-refractivity contribution is 6.30. The maximum absolute atomic E-state index is 12.2. The van der Waals surface area contributed by atoms with Gasteiger partial charge in [0.1, 0.15) is 0 Å². The molecule has 1 fully saturated rings. The van der Waals surface area contributed by atoms with Crippen LogP contribution >= 0.6 is 11.6 Å². The molecule has 0 aliphatic heterocycles. The maximum Gasteiger partial charge on any atom is 0.224 e. The van der Waals surface area contributed by atoms with Gasteiger partial charge in [-0.05, 0) is 60.9 Å². The number of rotatable bonds is 4. The lowest BCUT2D eigenvalue weighted by Gasteiger charge is -2.12. The van der Waals surface area contributed by atoms with Crippen LogP contribution in [0.25, 0.3) is 0 Å². The van der Waals surface area contributed by atoms with E-state index in [0.717, 1.165) is 18.5 Å². The topological polar surface area (TPSA) is 29.1 Å². The van der Waals surface area contributed by atoms with E-state index in [2.05, 4.69) is 35.6 Å². The maximum atomic E-state index is 12.2. The van der Waals surface area contributed by atoms with Gasteiger partial charge in [-0.1, -0.05) is 41.9 Å². The fourth-order valence-corrected chi connectivity index (χ4v) is 3.42. The Bertz CT molecular complexity index is 624. The van der Waals surface area contributed by atoms with E-state index in [1.807, 2.05) is 12.1 Å². The van der Waals surface area contributed by atoms with Crippen molar-refractivity contribution < 1.29 is 4.79 Å². The van der Waals surface area contributed by atoms with Crippen molar-refractivity contribution in [2.45, 2.75) is 31.6 Å². The summed E-state index contributed by atoms with van der Waals surface area (Å²) in [4.78, 5) is 12.2. The minimum Gasteiger partial charge on any atom is -0.326 e. The largest absolute Gasteiger partial charge is 0.326 e. The van der Waals surface area contributed by atoms with E-state index >= 15 is 0 Å².